The lowest BCUT2D eigenvalue weighted by Crippen LogP contribution is -2.44. The van der Waals surface area contributed by atoms with Crippen LogP contribution < -0.4 is 13.9 Å². The van der Waals surface area contributed by atoms with Crippen molar-refractivity contribution in [2.45, 2.75) is 26.3 Å². The fraction of sp³-hybridized carbons (Fsp3) is 0.529. The maximum atomic E-state index is 15.3. The van der Waals surface area contributed by atoms with Crippen molar-refractivity contribution in [2.24, 2.45) is 5.92 Å². The molecule has 0 aromatic heterocycles. The largest absolute Gasteiger partial charge is 0.506 e. The second kappa shape index (κ2) is 7.34. The molecule has 1 aromatic carbocycles. The average Bonchev–Trinajstić information content (AvgIpc) is 3.03. The van der Waals surface area contributed by atoms with E-state index in [0.29, 0.717) is 23.3 Å². The molecule has 3 rings (SSSR count). The molecule has 2 heterocycles. The van der Waals surface area contributed by atoms with E-state index in [1.54, 1.807) is 4.72 Å². The molecule has 29 heavy (non-hydrogen) atoms. The lowest BCUT2D eigenvalue weighted by atomic mass is 10.1. The highest BCUT2D eigenvalue weighted by Gasteiger charge is 2.42. The highest BCUT2D eigenvalue weighted by Crippen LogP contribution is 2.44. The van der Waals surface area contributed by atoms with Gasteiger partial charge in [-0.15, -0.1) is 0 Å². The summed E-state index contributed by atoms with van der Waals surface area (Å²) in [5.74, 6) is -2.33. The van der Waals surface area contributed by atoms with Crippen molar-refractivity contribution in [1.82, 2.24) is 9.62 Å². The lowest BCUT2D eigenvalue weighted by molar-refractivity contribution is -0.117. The zero-order valence-electron chi connectivity index (χ0n) is 16.2. The Bertz CT molecular complexity index is 967. The first-order chi connectivity index (χ1) is 13.4. The van der Waals surface area contributed by atoms with Gasteiger partial charge in [0.2, 0.25) is 0 Å². The predicted octanol–water partition coefficient (Wildman–Crippen LogP) is 0.709. The number of nitrogens with one attached hydrogen (secondary N) is 1. The molecule has 160 valence electrons. The first kappa shape index (κ1) is 21.1. The van der Waals surface area contributed by atoms with Crippen LogP contribution in [-0.2, 0) is 21.4 Å². The van der Waals surface area contributed by atoms with E-state index in [1.165, 1.54) is 0 Å². The number of aromatic hydroxyl groups is 1. The van der Waals surface area contributed by atoms with Gasteiger partial charge in [-0.25, -0.2) is 18.2 Å². The number of hydrogen-bond donors (Lipinski definition) is 3. The summed E-state index contributed by atoms with van der Waals surface area (Å²) in [4.78, 5) is 26.2. The number of carbonyl (C=O) groups is 2. The van der Waals surface area contributed by atoms with Gasteiger partial charge in [0.25, 0.3) is 5.91 Å². The first-order valence-electron chi connectivity index (χ1n) is 9.00. The molecule has 2 aliphatic heterocycles. The van der Waals surface area contributed by atoms with Gasteiger partial charge >= 0.3 is 16.3 Å². The van der Waals surface area contributed by atoms with Crippen LogP contribution in [0.15, 0.2) is 6.07 Å². The summed E-state index contributed by atoms with van der Waals surface area (Å²) in [7, 11) is -2.50. The standard InChI is InChI=1S/C17H23FN4O6S/c1-9(2)6-20(3)7-10-4-11-12(22(10)17(25)26)5-13(23)16(15(11)18)21-8-14(24)19-29(21,27)28/h5,9-10,23H,4,6-8H2,1-3H3,(H,19,24)(H,25,26)/t10-/m1/s1. The van der Waals surface area contributed by atoms with Crippen LogP contribution >= 0.6 is 0 Å². The molecule has 1 atom stereocenters. The number of halogens is 1. The highest BCUT2D eigenvalue weighted by atomic mass is 32.2. The number of carboxylic acid groups (broad SMARTS) is 1. The smallest absolute Gasteiger partial charge is 0.412 e. The SMILES string of the molecule is CC(C)CN(C)C[C@H]1Cc2c(cc(O)c(N3CC(=O)NS3(=O)=O)c2F)N1C(=O)O. The number of amides is 2. The lowest BCUT2D eigenvalue weighted by Gasteiger charge is -2.28. The second-order valence-corrected chi connectivity index (χ2v) is 9.31. The number of anilines is 2. The molecule has 12 heteroatoms. The molecular weight excluding hydrogens is 407 g/mol. The Kier molecular flexibility index (Phi) is 5.34. The maximum Gasteiger partial charge on any atom is 0.412 e. The van der Waals surface area contributed by atoms with Gasteiger partial charge in [-0.1, -0.05) is 13.8 Å². The van der Waals surface area contributed by atoms with Crippen molar-refractivity contribution >= 4 is 33.6 Å². The Morgan fingerprint density at radius 1 is 1.45 bits per heavy atom. The van der Waals surface area contributed by atoms with Crippen LogP contribution in [0.4, 0.5) is 20.6 Å². The number of likely N-dealkylation sites (N-methyl/N-ethyl adjacent to an activating group) is 1. The highest BCUT2D eigenvalue weighted by molar-refractivity contribution is 7.92. The Hall–Kier alpha value is -2.60. The molecule has 0 aliphatic carbocycles. The molecule has 1 saturated heterocycles. The van der Waals surface area contributed by atoms with Gasteiger partial charge in [0.15, 0.2) is 5.82 Å². The van der Waals surface area contributed by atoms with Crippen LogP contribution in [0.2, 0.25) is 0 Å². The van der Waals surface area contributed by atoms with Crippen LogP contribution in [0.25, 0.3) is 0 Å². The maximum absolute atomic E-state index is 15.3. The Balaban J connectivity index is 2.02. The van der Waals surface area contributed by atoms with E-state index in [4.69, 9.17) is 0 Å². The molecule has 2 aliphatic rings. The number of phenolic OH excluding ortho intramolecular Hbond substituents is 1. The van der Waals surface area contributed by atoms with Gasteiger partial charge in [0.1, 0.15) is 18.0 Å². The number of hydrogen-bond acceptors (Lipinski definition) is 6. The number of rotatable bonds is 5. The summed E-state index contributed by atoms with van der Waals surface area (Å²) < 4.78 is 41.6. The predicted molar refractivity (Wildman–Crippen MR) is 103 cm³/mol. The third-order valence-electron chi connectivity index (χ3n) is 4.84. The summed E-state index contributed by atoms with van der Waals surface area (Å²) in [6.45, 7) is 4.40. The topological polar surface area (TPSA) is 130 Å². The van der Waals surface area contributed by atoms with Crippen molar-refractivity contribution in [3.8, 4) is 5.75 Å². The summed E-state index contributed by atoms with van der Waals surface area (Å²) in [5, 5.41) is 20.0. The van der Waals surface area contributed by atoms with Gasteiger partial charge in [0.05, 0.1) is 11.7 Å². The van der Waals surface area contributed by atoms with Gasteiger partial charge in [-0.2, -0.15) is 8.42 Å². The van der Waals surface area contributed by atoms with Gasteiger partial charge < -0.3 is 15.1 Å². The zero-order chi connectivity index (χ0) is 21.7. The zero-order valence-corrected chi connectivity index (χ0v) is 17.0. The quantitative estimate of drug-likeness (QED) is 0.627. The molecular formula is C17H23FN4O6S. The van der Waals surface area contributed by atoms with E-state index in [9.17, 15) is 28.2 Å². The van der Waals surface area contributed by atoms with Crippen LogP contribution in [0.5, 0.6) is 5.75 Å². The van der Waals surface area contributed by atoms with E-state index in [0.717, 1.165) is 11.0 Å². The third kappa shape index (κ3) is 3.81. The molecule has 0 unspecified atom stereocenters. The van der Waals surface area contributed by atoms with Crippen LogP contribution in [0.3, 0.4) is 0 Å². The Labute approximate surface area is 167 Å². The number of fused-ring (bicyclic) bond motifs is 1. The van der Waals surface area contributed by atoms with Crippen molar-refractivity contribution in [3.05, 3.63) is 17.4 Å². The molecule has 0 saturated carbocycles. The fourth-order valence-corrected chi connectivity index (χ4v) is 5.10. The molecule has 1 fully saturated rings. The van der Waals surface area contributed by atoms with E-state index in [-0.39, 0.29) is 17.7 Å². The summed E-state index contributed by atoms with van der Waals surface area (Å²) in [5.41, 5.74) is -0.712. The second-order valence-electron chi connectivity index (χ2n) is 7.72. The van der Waals surface area contributed by atoms with Crippen molar-refractivity contribution in [3.63, 3.8) is 0 Å². The van der Waals surface area contributed by atoms with E-state index in [1.807, 2.05) is 25.8 Å². The molecule has 3 N–H and O–H groups in total. The van der Waals surface area contributed by atoms with Crippen molar-refractivity contribution in [2.75, 3.05) is 35.9 Å². The minimum atomic E-state index is -4.33. The number of carbonyl (C=O) groups excluding carboxylic acids is 1. The Morgan fingerprint density at radius 3 is 2.62 bits per heavy atom. The van der Waals surface area contributed by atoms with Gasteiger partial charge in [0, 0.05) is 24.7 Å². The molecule has 1 aromatic rings. The molecule has 10 nitrogen and oxygen atoms in total. The van der Waals surface area contributed by atoms with E-state index >= 15 is 4.39 Å². The van der Waals surface area contributed by atoms with Crippen molar-refractivity contribution < 1.29 is 32.6 Å². The van der Waals surface area contributed by atoms with Gasteiger partial charge in [-0.3, -0.25) is 9.69 Å². The first-order valence-corrected chi connectivity index (χ1v) is 10.4. The minimum Gasteiger partial charge on any atom is -0.506 e. The average molecular weight is 430 g/mol. The number of phenols is 1. The monoisotopic (exact) mass is 430 g/mol. The summed E-state index contributed by atoms with van der Waals surface area (Å²) in [6, 6.07) is 0.424. The molecule has 0 spiro atoms. The van der Waals surface area contributed by atoms with E-state index < -0.39 is 52.1 Å². The summed E-state index contributed by atoms with van der Waals surface area (Å²) >= 11 is 0. The molecule has 2 amide bonds. The van der Waals surface area contributed by atoms with Crippen LogP contribution in [0, 0.1) is 11.7 Å². The van der Waals surface area contributed by atoms with Crippen LogP contribution in [0.1, 0.15) is 19.4 Å². The van der Waals surface area contributed by atoms with Crippen LogP contribution in [-0.4, -0.2) is 68.3 Å². The summed E-state index contributed by atoms with van der Waals surface area (Å²) in [6.07, 6.45) is -1.29. The number of nitrogens with zero attached hydrogens (tertiary/aromatic N) is 3. The van der Waals surface area contributed by atoms with Gasteiger partial charge in [-0.05, 0) is 19.4 Å². The Morgan fingerprint density at radius 2 is 2.10 bits per heavy atom. The normalized spacial score (nSPS) is 20.5. The minimum absolute atomic E-state index is 0.0123. The molecule has 0 radical (unpaired) electrons. The number of benzene rings is 1. The molecule has 0 bridgehead atoms. The fourth-order valence-electron chi connectivity index (χ4n) is 3.93. The van der Waals surface area contributed by atoms with Crippen molar-refractivity contribution in [1.29, 1.82) is 0 Å². The third-order valence-corrected chi connectivity index (χ3v) is 6.22. The van der Waals surface area contributed by atoms with E-state index in [2.05, 4.69) is 0 Å².